The summed E-state index contributed by atoms with van der Waals surface area (Å²) in [6.07, 6.45) is 1.81. The Morgan fingerprint density at radius 1 is 1.16 bits per heavy atom. The van der Waals surface area contributed by atoms with Gasteiger partial charge in [-0.1, -0.05) is 44.2 Å². The van der Waals surface area contributed by atoms with E-state index in [0.717, 1.165) is 18.4 Å². The number of rotatable bonds is 6. The summed E-state index contributed by atoms with van der Waals surface area (Å²) in [6, 6.07) is 8.09. The highest BCUT2D eigenvalue weighted by atomic mass is 16.2. The first-order chi connectivity index (χ1) is 9.08. The molecule has 3 amide bonds. The summed E-state index contributed by atoms with van der Waals surface area (Å²) in [7, 11) is 0. The van der Waals surface area contributed by atoms with E-state index in [9.17, 15) is 9.59 Å². The summed E-state index contributed by atoms with van der Waals surface area (Å²) >= 11 is 0. The Bertz CT molecular complexity index is 416. The number of imide groups is 1. The van der Waals surface area contributed by atoms with Crippen molar-refractivity contribution in [2.24, 2.45) is 5.73 Å². The molecule has 104 valence electrons. The van der Waals surface area contributed by atoms with Gasteiger partial charge in [-0.25, -0.2) is 4.79 Å². The van der Waals surface area contributed by atoms with Crippen LogP contribution in [0.3, 0.4) is 0 Å². The van der Waals surface area contributed by atoms with Crippen LogP contribution in [-0.4, -0.2) is 18.0 Å². The van der Waals surface area contributed by atoms with Crippen molar-refractivity contribution in [3.05, 3.63) is 35.9 Å². The first-order valence-electron chi connectivity index (χ1n) is 6.49. The van der Waals surface area contributed by atoms with Gasteiger partial charge in [-0.3, -0.25) is 15.4 Å². The van der Waals surface area contributed by atoms with Gasteiger partial charge < -0.3 is 5.73 Å². The zero-order valence-electron chi connectivity index (χ0n) is 11.3. The number of hydrogen-bond acceptors (Lipinski definition) is 3. The molecule has 5 nitrogen and oxygen atoms in total. The molecule has 1 aromatic rings. The van der Waals surface area contributed by atoms with Crippen molar-refractivity contribution in [3.8, 4) is 0 Å². The van der Waals surface area contributed by atoms with Crippen LogP contribution in [0.4, 0.5) is 4.79 Å². The van der Waals surface area contributed by atoms with Crippen molar-refractivity contribution < 1.29 is 9.59 Å². The molecule has 0 aromatic heterocycles. The van der Waals surface area contributed by atoms with Crippen LogP contribution in [0.1, 0.15) is 38.3 Å². The van der Waals surface area contributed by atoms with Gasteiger partial charge in [0.1, 0.15) is 6.04 Å². The fourth-order valence-corrected chi connectivity index (χ4v) is 1.92. The topological polar surface area (TPSA) is 84.2 Å². The van der Waals surface area contributed by atoms with Crippen molar-refractivity contribution in [2.75, 3.05) is 0 Å². The minimum absolute atomic E-state index is 0.212. The zero-order valence-corrected chi connectivity index (χ0v) is 11.3. The molecule has 0 unspecified atom stereocenters. The lowest BCUT2D eigenvalue weighted by Crippen LogP contribution is -2.45. The Kier molecular flexibility index (Phi) is 6.02. The van der Waals surface area contributed by atoms with E-state index in [0.29, 0.717) is 0 Å². The van der Waals surface area contributed by atoms with Crippen LogP contribution >= 0.6 is 0 Å². The molecule has 5 heteroatoms. The van der Waals surface area contributed by atoms with Crippen LogP contribution in [0, 0.1) is 0 Å². The largest absolute Gasteiger partial charge is 0.351 e. The maximum absolute atomic E-state index is 12.0. The third-order valence-electron chi connectivity index (χ3n) is 3.03. The lowest BCUT2D eigenvalue weighted by atomic mass is 10.0. The highest BCUT2D eigenvalue weighted by molar-refractivity contribution is 5.96. The van der Waals surface area contributed by atoms with E-state index in [1.165, 1.54) is 0 Å². The van der Waals surface area contributed by atoms with E-state index in [1.807, 2.05) is 30.3 Å². The number of hydrogen-bond donors (Lipinski definition) is 3. The van der Waals surface area contributed by atoms with Crippen LogP contribution in [-0.2, 0) is 4.79 Å². The van der Waals surface area contributed by atoms with Gasteiger partial charge in [-0.15, -0.1) is 0 Å². The van der Waals surface area contributed by atoms with E-state index in [2.05, 4.69) is 24.5 Å². The molecule has 4 N–H and O–H groups in total. The van der Waals surface area contributed by atoms with E-state index in [1.54, 1.807) is 0 Å². The Balaban J connectivity index is 2.90. The molecule has 1 rings (SSSR count). The molecule has 0 fully saturated rings. The van der Waals surface area contributed by atoms with Crippen molar-refractivity contribution in [2.45, 2.75) is 38.8 Å². The highest BCUT2D eigenvalue weighted by Gasteiger charge is 2.23. The Labute approximate surface area is 113 Å². The second-order valence-corrected chi connectivity index (χ2v) is 4.38. The third kappa shape index (κ3) is 4.71. The number of benzene rings is 1. The average Bonchev–Trinajstić information content (AvgIpc) is 2.40. The normalized spacial score (nSPS) is 12.2. The predicted octanol–water partition coefficient (Wildman–Crippen LogP) is 1.70. The van der Waals surface area contributed by atoms with Crippen LogP contribution in [0.2, 0.25) is 0 Å². The van der Waals surface area contributed by atoms with Crippen LogP contribution in [0.5, 0.6) is 0 Å². The third-order valence-corrected chi connectivity index (χ3v) is 3.03. The van der Waals surface area contributed by atoms with Gasteiger partial charge in [0.2, 0.25) is 5.91 Å². The smallest absolute Gasteiger partial charge is 0.318 e. The molecule has 0 heterocycles. The molecule has 0 aliphatic heterocycles. The van der Waals surface area contributed by atoms with Gasteiger partial charge in [0, 0.05) is 6.04 Å². The van der Waals surface area contributed by atoms with E-state index >= 15 is 0 Å². The number of carbonyl (C=O) groups excluding carboxylic acids is 2. The molecule has 0 radical (unpaired) electrons. The Hall–Kier alpha value is -1.88. The van der Waals surface area contributed by atoms with Crippen molar-refractivity contribution in [1.82, 2.24) is 10.6 Å². The summed E-state index contributed by atoms with van der Waals surface area (Å²) in [5, 5.41) is 5.39. The number of nitrogens with two attached hydrogens (primary N) is 1. The van der Waals surface area contributed by atoms with E-state index < -0.39 is 18.0 Å². The number of amides is 3. The number of primary amides is 1. The number of carbonyl (C=O) groups is 2. The number of urea groups is 1. The van der Waals surface area contributed by atoms with E-state index in [4.69, 9.17) is 5.73 Å². The lowest BCUT2D eigenvalue weighted by molar-refractivity contribution is -0.122. The van der Waals surface area contributed by atoms with E-state index in [-0.39, 0.29) is 6.04 Å². The molecule has 1 atom stereocenters. The predicted molar refractivity (Wildman–Crippen MR) is 74.4 cm³/mol. The minimum atomic E-state index is -0.836. The average molecular weight is 263 g/mol. The van der Waals surface area contributed by atoms with Gasteiger partial charge in [0.15, 0.2) is 0 Å². The van der Waals surface area contributed by atoms with Gasteiger partial charge >= 0.3 is 6.03 Å². The molecular weight excluding hydrogens is 242 g/mol. The molecular formula is C14H21N3O2. The zero-order chi connectivity index (χ0) is 14.3. The quantitative estimate of drug-likeness (QED) is 0.730. The molecule has 0 aliphatic carbocycles. The fraction of sp³-hybridized carbons (Fsp3) is 0.429. The molecule has 19 heavy (non-hydrogen) atoms. The number of nitrogens with one attached hydrogen (secondary N) is 2. The summed E-state index contributed by atoms with van der Waals surface area (Å²) in [5.41, 5.74) is 5.82. The first-order valence-corrected chi connectivity index (χ1v) is 6.49. The Morgan fingerprint density at radius 3 is 2.21 bits per heavy atom. The van der Waals surface area contributed by atoms with Gasteiger partial charge in [-0.2, -0.15) is 0 Å². The minimum Gasteiger partial charge on any atom is -0.351 e. The summed E-state index contributed by atoms with van der Waals surface area (Å²) in [4.78, 5) is 22.9. The fourth-order valence-electron chi connectivity index (χ4n) is 1.92. The molecule has 0 spiro atoms. The van der Waals surface area contributed by atoms with Crippen molar-refractivity contribution in [1.29, 1.82) is 0 Å². The summed E-state index contributed by atoms with van der Waals surface area (Å²) < 4.78 is 0. The maximum Gasteiger partial charge on any atom is 0.318 e. The summed E-state index contributed by atoms with van der Waals surface area (Å²) in [6.45, 7) is 4.10. The molecule has 0 aliphatic rings. The Morgan fingerprint density at radius 2 is 1.74 bits per heavy atom. The maximum atomic E-state index is 12.0. The SMILES string of the molecule is CCC(CC)N[C@@H](C(=O)NC(N)=O)c1ccccc1. The van der Waals surface area contributed by atoms with Crippen LogP contribution in [0.25, 0.3) is 0 Å². The highest BCUT2D eigenvalue weighted by Crippen LogP contribution is 2.15. The molecule has 0 bridgehead atoms. The van der Waals surface area contributed by atoms with Gasteiger partial charge in [0.05, 0.1) is 0 Å². The van der Waals surface area contributed by atoms with Crippen LogP contribution < -0.4 is 16.4 Å². The second-order valence-electron chi connectivity index (χ2n) is 4.38. The molecule has 0 saturated heterocycles. The van der Waals surface area contributed by atoms with Gasteiger partial charge in [-0.05, 0) is 18.4 Å². The lowest BCUT2D eigenvalue weighted by Gasteiger charge is -2.23. The van der Waals surface area contributed by atoms with Crippen molar-refractivity contribution in [3.63, 3.8) is 0 Å². The van der Waals surface area contributed by atoms with Gasteiger partial charge in [0.25, 0.3) is 0 Å². The first kappa shape index (κ1) is 15.2. The molecule has 1 aromatic carbocycles. The standard InChI is InChI=1S/C14H21N3O2/c1-3-11(4-2)16-12(13(18)17-14(15)19)10-8-6-5-7-9-10/h5-9,11-12,16H,3-4H2,1-2H3,(H3,15,17,18,19)/t12-/m1/s1. The molecule has 0 saturated carbocycles. The summed E-state index contributed by atoms with van der Waals surface area (Å²) in [5.74, 6) is -0.425. The second kappa shape index (κ2) is 7.53. The monoisotopic (exact) mass is 263 g/mol. The van der Waals surface area contributed by atoms with Crippen LogP contribution in [0.15, 0.2) is 30.3 Å². The van der Waals surface area contributed by atoms with Crippen molar-refractivity contribution >= 4 is 11.9 Å².